The van der Waals surface area contributed by atoms with E-state index in [1.54, 1.807) is 12.1 Å². The van der Waals surface area contributed by atoms with Gasteiger partial charge in [-0.1, -0.05) is 18.2 Å². The second kappa shape index (κ2) is 8.96. The summed E-state index contributed by atoms with van der Waals surface area (Å²) in [5, 5.41) is 3.04. The van der Waals surface area contributed by atoms with Crippen LogP contribution >= 0.6 is 0 Å². The van der Waals surface area contributed by atoms with Gasteiger partial charge in [-0.3, -0.25) is 4.79 Å². The van der Waals surface area contributed by atoms with Gasteiger partial charge in [-0.15, -0.1) is 0 Å². The molecule has 1 N–H and O–H groups in total. The second-order valence-electron chi connectivity index (χ2n) is 8.21. The Morgan fingerprint density at radius 1 is 1.13 bits per heavy atom. The lowest BCUT2D eigenvalue weighted by molar-refractivity contribution is -0.121. The standard InChI is InChI=1S/C24H29FN4O/c1-17-13-21-22(14-18(17)2)29(16-24(30)26-9-12-28-10-5-6-11-28)23(27-21)15-19-7-3-4-8-20(19)25/h3-4,7-8,13-14H,5-6,9-12,15-16H2,1-2H3,(H,26,30). The molecule has 1 saturated heterocycles. The van der Waals surface area contributed by atoms with Gasteiger partial charge in [0.1, 0.15) is 18.2 Å². The van der Waals surface area contributed by atoms with E-state index >= 15 is 0 Å². The fraction of sp³-hybridized carbons (Fsp3) is 0.417. The first-order valence-electron chi connectivity index (χ1n) is 10.7. The lowest BCUT2D eigenvalue weighted by Gasteiger charge is -2.15. The smallest absolute Gasteiger partial charge is 0.240 e. The molecule has 4 rings (SSSR count). The zero-order valence-corrected chi connectivity index (χ0v) is 17.7. The Kier molecular flexibility index (Phi) is 6.13. The fourth-order valence-corrected chi connectivity index (χ4v) is 4.11. The van der Waals surface area contributed by atoms with Gasteiger partial charge in [0.15, 0.2) is 0 Å². The van der Waals surface area contributed by atoms with Crippen molar-refractivity contribution in [3.05, 3.63) is 64.7 Å². The SMILES string of the molecule is Cc1cc2nc(Cc3ccccc3F)n(CC(=O)NCCN3CCCC3)c2cc1C. The summed E-state index contributed by atoms with van der Waals surface area (Å²) in [6, 6.07) is 10.8. The molecule has 0 aliphatic carbocycles. The van der Waals surface area contributed by atoms with E-state index in [0.717, 1.165) is 41.8 Å². The molecule has 2 heterocycles. The molecule has 0 unspecified atom stereocenters. The third-order valence-electron chi connectivity index (χ3n) is 6.00. The van der Waals surface area contributed by atoms with Crippen molar-refractivity contribution in [3.63, 3.8) is 0 Å². The number of aromatic nitrogens is 2. The molecule has 6 heteroatoms. The van der Waals surface area contributed by atoms with E-state index in [1.807, 2.05) is 16.7 Å². The van der Waals surface area contributed by atoms with Crippen molar-refractivity contribution in [1.29, 1.82) is 0 Å². The van der Waals surface area contributed by atoms with E-state index < -0.39 is 0 Å². The van der Waals surface area contributed by atoms with Gasteiger partial charge in [0.2, 0.25) is 5.91 Å². The summed E-state index contributed by atoms with van der Waals surface area (Å²) in [7, 11) is 0. The summed E-state index contributed by atoms with van der Waals surface area (Å²) in [6.45, 7) is 8.06. The molecule has 1 amide bonds. The molecular weight excluding hydrogens is 379 g/mol. The van der Waals surface area contributed by atoms with Gasteiger partial charge in [0.05, 0.1) is 11.0 Å². The van der Waals surface area contributed by atoms with E-state index in [2.05, 4.69) is 30.1 Å². The molecule has 1 fully saturated rings. The molecule has 2 aromatic carbocycles. The van der Waals surface area contributed by atoms with Gasteiger partial charge in [-0.05, 0) is 74.7 Å². The molecule has 3 aromatic rings. The minimum Gasteiger partial charge on any atom is -0.353 e. The number of hydrogen-bond donors (Lipinski definition) is 1. The molecule has 1 aliphatic heterocycles. The Labute approximate surface area is 176 Å². The average molecular weight is 409 g/mol. The number of likely N-dealkylation sites (tertiary alicyclic amines) is 1. The van der Waals surface area contributed by atoms with E-state index in [-0.39, 0.29) is 18.3 Å². The summed E-state index contributed by atoms with van der Waals surface area (Å²) in [5.41, 5.74) is 4.64. The topological polar surface area (TPSA) is 50.2 Å². The van der Waals surface area contributed by atoms with Crippen LogP contribution in [0, 0.1) is 19.7 Å². The molecule has 158 valence electrons. The molecule has 0 atom stereocenters. The average Bonchev–Trinajstić information content (AvgIpc) is 3.33. The number of nitrogens with one attached hydrogen (secondary N) is 1. The maximum Gasteiger partial charge on any atom is 0.240 e. The number of amides is 1. The monoisotopic (exact) mass is 408 g/mol. The van der Waals surface area contributed by atoms with Crippen LogP contribution in [0.5, 0.6) is 0 Å². The van der Waals surface area contributed by atoms with Crippen molar-refractivity contribution in [1.82, 2.24) is 19.8 Å². The Morgan fingerprint density at radius 3 is 2.63 bits per heavy atom. The van der Waals surface area contributed by atoms with Crippen LogP contribution in [0.1, 0.15) is 35.4 Å². The maximum absolute atomic E-state index is 14.2. The van der Waals surface area contributed by atoms with Crippen molar-refractivity contribution in [2.75, 3.05) is 26.2 Å². The van der Waals surface area contributed by atoms with E-state index in [9.17, 15) is 9.18 Å². The minimum absolute atomic E-state index is 0.0403. The highest BCUT2D eigenvalue weighted by Gasteiger charge is 2.17. The second-order valence-corrected chi connectivity index (χ2v) is 8.21. The zero-order chi connectivity index (χ0) is 21.1. The first-order valence-corrected chi connectivity index (χ1v) is 10.7. The number of imidazole rings is 1. The van der Waals surface area contributed by atoms with Gasteiger partial charge in [0, 0.05) is 19.5 Å². The number of nitrogens with zero attached hydrogens (tertiary/aromatic N) is 3. The number of halogens is 1. The fourth-order valence-electron chi connectivity index (χ4n) is 4.11. The normalized spacial score (nSPS) is 14.5. The number of carbonyl (C=O) groups excluding carboxylic acids is 1. The van der Waals surface area contributed by atoms with Crippen molar-refractivity contribution < 1.29 is 9.18 Å². The van der Waals surface area contributed by atoms with Crippen molar-refractivity contribution in [2.24, 2.45) is 0 Å². The highest BCUT2D eigenvalue weighted by Crippen LogP contribution is 2.23. The Balaban J connectivity index is 1.56. The van der Waals surface area contributed by atoms with Gasteiger partial charge in [0.25, 0.3) is 0 Å². The summed E-state index contributed by atoms with van der Waals surface area (Å²) >= 11 is 0. The lowest BCUT2D eigenvalue weighted by Crippen LogP contribution is -2.35. The molecule has 5 nitrogen and oxygen atoms in total. The van der Waals surface area contributed by atoms with Gasteiger partial charge in [-0.2, -0.15) is 0 Å². The lowest BCUT2D eigenvalue weighted by atomic mass is 10.1. The Bertz CT molecular complexity index is 1050. The number of aryl methyl sites for hydroxylation is 2. The molecule has 0 bridgehead atoms. The maximum atomic E-state index is 14.2. The number of fused-ring (bicyclic) bond motifs is 1. The Morgan fingerprint density at radius 2 is 1.87 bits per heavy atom. The summed E-state index contributed by atoms with van der Waals surface area (Å²) in [6.07, 6.45) is 2.83. The van der Waals surface area contributed by atoms with Crippen LogP contribution in [0.4, 0.5) is 4.39 Å². The van der Waals surface area contributed by atoms with E-state index in [0.29, 0.717) is 24.4 Å². The van der Waals surface area contributed by atoms with Crippen LogP contribution in [0.2, 0.25) is 0 Å². The highest BCUT2D eigenvalue weighted by molar-refractivity contribution is 5.82. The molecule has 0 saturated carbocycles. The van der Waals surface area contributed by atoms with Gasteiger partial charge < -0.3 is 14.8 Å². The number of benzene rings is 2. The van der Waals surface area contributed by atoms with Crippen LogP contribution < -0.4 is 5.32 Å². The Hall–Kier alpha value is -2.73. The molecule has 0 spiro atoms. The van der Waals surface area contributed by atoms with E-state index in [1.165, 1.54) is 18.9 Å². The van der Waals surface area contributed by atoms with Crippen LogP contribution in [-0.4, -0.2) is 46.5 Å². The molecule has 30 heavy (non-hydrogen) atoms. The van der Waals surface area contributed by atoms with Gasteiger partial charge >= 0.3 is 0 Å². The van der Waals surface area contributed by atoms with Crippen molar-refractivity contribution in [2.45, 2.75) is 39.7 Å². The van der Waals surface area contributed by atoms with Crippen LogP contribution in [0.25, 0.3) is 11.0 Å². The quantitative estimate of drug-likeness (QED) is 0.650. The first kappa shape index (κ1) is 20.5. The van der Waals surface area contributed by atoms with Crippen LogP contribution in [0.3, 0.4) is 0 Å². The van der Waals surface area contributed by atoms with Crippen LogP contribution in [-0.2, 0) is 17.8 Å². The van der Waals surface area contributed by atoms with Crippen molar-refractivity contribution >= 4 is 16.9 Å². The molecule has 1 aromatic heterocycles. The molecule has 1 aliphatic rings. The van der Waals surface area contributed by atoms with Crippen LogP contribution in [0.15, 0.2) is 36.4 Å². The highest BCUT2D eigenvalue weighted by atomic mass is 19.1. The summed E-state index contributed by atoms with van der Waals surface area (Å²) in [4.78, 5) is 19.8. The largest absolute Gasteiger partial charge is 0.353 e. The van der Waals surface area contributed by atoms with E-state index in [4.69, 9.17) is 4.98 Å². The summed E-state index contributed by atoms with van der Waals surface area (Å²) in [5.74, 6) is 0.412. The molecule has 0 radical (unpaired) electrons. The first-order chi connectivity index (χ1) is 14.5. The predicted octanol–water partition coefficient (Wildman–Crippen LogP) is 3.60. The summed E-state index contributed by atoms with van der Waals surface area (Å²) < 4.78 is 16.2. The third-order valence-corrected chi connectivity index (χ3v) is 6.00. The molecular formula is C24H29FN4O. The third kappa shape index (κ3) is 4.54. The number of rotatable bonds is 7. The van der Waals surface area contributed by atoms with Gasteiger partial charge in [-0.25, -0.2) is 9.37 Å². The minimum atomic E-state index is -0.251. The number of carbonyl (C=O) groups is 1. The zero-order valence-electron chi connectivity index (χ0n) is 17.7. The predicted molar refractivity (Wildman–Crippen MR) is 117 cm³/mol. The number of hydrogen-bond acceptors (Lipinski definition) is 3. The van der Waals surface area contributed by atoms with Crippen molar-refractivity contribution in [3.8, 4) is 0 Å².